The maximum absolute atomic E-state index is 12.5. The number of benzene rings is 2. The van der Waals surface area contributed by atoms with Crippen molar-refractivity contribution >= 4 is 12.0 Å². The molecule has 1 aliphatic heterocycles. The first-order valence-corrected chi connectivity index (χ1v) is 9.53. The standard InChI is InChI=1S/C23H28N2O2/c1-19-4-6-20(7-5-19)10-13-23(26)25-15-3-14-24(16-17-25)18-21-8-11-22(27-2)12-9-21/h4-13H,3,14-18H2,1-2H3/b13-10+. The summed E-state index contributed by atoms with van der Waals surface area (Å²) >= 11 is 0. The smallest absolute Gasteiger partial charge is 0.246 e. The second-order valence-electron chi connectivity index (χ2n) is 7.05. The molecular formula is C23H28N2O2. The van der Waals surface area contributed by atoms with Crippen molar-refractivity contribution in [1.82, 2.24) is 9.80 Å². The Balaban J connectivity index is 1.52. The highest BCUT2D eigenvalue weighted by Gasteiger charge is 2.17. The number of amides is 1. The fraction of sp³-hybridized carbons (Fsp3) is 0.348. The fourth-order valence-electron chi connectivity index (χ4n) is 3.29. The number of aryl methyl sites for hydroxylation is 1. The second-order valence-corrected chi connectivity index (χ2v) is 7.05. The maximum Gasteiger partial charge on any atom is 0.246 e. The Hall–Kier alpha value is -2.59. The van der Waals surface area contributed by atoms with E-state index < -0.39 is 0 Å². The molecule has 0 radical (unpaired) electrons. The number of carbonyl (C=O) groups excluding carboxylic acids is 1. The highest BCUT2D eigenvalue weighted by molar-refractivity contribution is 5.91. The molecule has 2 aromatic rings. The van der Waals surface area contributed by atoms with Crippen LogP contribution in [0.4, 0.5) is 0 Å². The van der Waals surface area contributed by atoms with E-state index in [2.05, 4.69) is 36.1 Å². The van der Waals surface area contributed by atoms with Crippen LogP contribution in [-0.2, 0) is 11.3 Å². The minimum atomic E-state index is 0.0990. The molecule has 0 bridgehead atoms. The largest absolute Gasteiger partial charge is 0.497 e. The third kappa shape index (κ3) is 5.69. The van der Waals surface area contributed by atoms with Crippen LogP contribution in [0.1, 0.15) is 23.1 Å². The monoisotopic (exact) mass is 364 g/mol. The molecule has 2 aromatic carbocycles. The maximum atomic E-state index is 12.5. The van der Waals surface area contributed by atoms with Gasteiger partial charge in [-0.25, -0.2) is 0 Å². The van der Waals surface area contributed by atoms with E-state index in [1.165, 1.54) is 11.1 Å². The summed E-state index contributed by atoms with van der Waals surface area (Å²) in [6, 6.07) is 16.4. The van der Waals surface area contributed by atoms with Gasteiger partial charge in [0.05, 0.1) is 7.11 Å². The van der Waals surface area contributed by atoms with Gasteiger partial charge in [-0.1, -0.05) is 42.0 Å². The lowest BCUT2D eigenvalue weighted by atomic mass is 10.1. The van der Waals surface area contributed by atoms with Gasteiger partial charge >= 0.3 is 0 Å². The summed E-state index contributed by atoms with van der Waals surface area (Å²) in [5, 5.41) is 0. The Morgan fingerprint density at radius 3 is 2.44 bits per heavy atom. The summed E-state index contributed by atoms with van der Waals surface area (Å²) in [4.78, 5) is 16.9. The number of rotatable bonds is 5. The van der Waals surface area contributed by atoms with E-state index in [0.717, 1.165) is 50.5 Å². The number of hydrogen-bond donors (Lipinski definition) is 0. The fourth-order valence-corrected chi connectivity index (χ4v) is 3.29. The highest BCUT2D eigenvalue weighted by atomic mass is 16.5. The lowest BCUT2D eigenvalue weighted by Gasteiger charge is -2.21. The molecule has 1 saturated heterocycles. The molecule has 1 fully saturated rings. The van der Waals surface area contributed by atoms with Crippen LogP contribution < -0.4 is 4.74 Å². The molecule has 0 saturated carbocycles. The molecule has 4 heteroatoms. The molecule has 0 aliphatic carbocycles. The normalized spacial score (nSPS) is 15.7. The van der Waals surface area contributed by atoms with E-state index in [1.54, 1.807) is 13.2 Å². The van der Waals surface area contributed by atoms with Crippen molar-refractivity contribution in [2.75, 3.05) is 33.3 Å². The number of ether oxygens (including phenoxy) is 1. The zero-order valence-corrected chi connectivity index (χ0v) is 16.2. The van der Waals surface area contributed by atoms with Crippen LogP contribution in [0.3, 0.4) is 0 Å². The Kier molecular flexibility index (Phi) is 6.66. The van der Waals surface area contributed by atoms with Gasteiger partial charge in [-0.15, -0.1) is 0 Å². The molecule has 27 heavy (non-hydrogen) atoms. The lowest BCUT2D eigenvalue weighted by Crippen LogP contribution is -2.34. The van der Waals surface area contributed by atoms with Crippen LogP contribution in [0, 0.1) is 6.92 Å². The zero-order valence-electron chi connectivity index (χ0n) is 16.2. The predicted molar refractivity (Wildman–Crippen MR) is 110 cm³/mol. The molecule has 0 spiro atoms. The van der Waals surface area contributed by atoms with Gasteiger partial charge in [0.25, 0.3) is 0 Å². The number of hydrogen-bond acceptors (Lipinski definition) is 3. The molecular weight excluding hydrogens is 336 g/mol. The summed E-state index contributed by atoms with van der Waals surface area (Å²) < 4.78 is 5.22. The minimum absolute atomic E-state index is 0.0990. The summed E-state index contributed by atoms with van der Waals surface area (Å²) in [6.45, 7) is 6.47. The lowest BCUT2D eigenvalue weighted by molar-refractivity contribution is -0.125. The first-order chi connectivity index (χ1) is 13.1. The number of nitrogens with zero attached hydrogens (tertiary/aromatic N) is 2. The summed E-state index contributed by atoms with van der Waals surface area (Å²) in [5.74, 6) is 0.980. The molecule has 4 nitrogen and oxygen atoms in total. The van der Waals surface area contributed by atoms with Crippen molar-refractivity contribution in [3.8, 4) is 5.75 Å². The predicted octanol–water partition coefficient (Wildman–Crippen LogP) is 3.75. The third-order valence-corrected chi connectivity index (χ3v) is 4.96. The van der Waals surface area contributed by atoms with Gasteiger partial charge in [0.2, 0.25) is 5.91 Å². The molecule has 1 amide bonds. The van der Waals surface area contributed by atoms with Gasteiger partial charge in [0.1, 0.15) is 5.75 Å². The first-order valence-electron chi connectivity index (χ1n) is 9.53. The van der Waals surface area contributed by atoms with Crippen LogP contribution in [-0.4, -0.2) is 49.0 Å². The van der Waals surface area contributed by atoms with E-state index in [4.69, 9.17) is 4.74 Å². The van der Waals surface area contributed by atoms with E-state index in [0.29, 0.717) is 0 Å². The first kappa shape index (κ1) is 19.2. The van der Waals surface area contributed by atoms with Crippen molar-refractivity contribution in [3.63, 3.8) is 0 Å². The van der Waals surface area contributed by atoms with E-state index >= 15 is 0 Å². The topological polar surface area (TPSA) is 32.8 Å². The van der Waals surface area contributed by atoms with Gasteiger partial charge in [-0.05, 0) is 42.7 Å². The summed E-state index contributed by atoms with van der Waals surface area (Å²) in [6.07, 6.45) is 4.60. The van der Waals surface area contributed by atoms with Gasteiger partial charge in [-0.3, -0.25) is 9.69 Å². The molecule has 1 heterocycles. The molecule has 0 aromatic heterocycles. The van der Waals surface area contributed by atoms with Crippen LogP contribution >= 0.6 is 0 Å². The average molecular weight is 364 g/mol. The number of carbonyl (C=O) groups is 1. The molecule has 1 aliphatic rings. The molecule has 3 rings (SSSR count). The quantitative estimate of drug-likeness (QED) is 0.758. The Bertz CT molecular complexity index is 766. The molecule has 0 N–H and O–H groups in total. The molecule has 0 unspecified atom stereocenters. The van der Waals surface area contributed by atoms with Gasteiger partial charge < -0.3 is 9.64 Å². The van der Waals surface area contributed by atoms with Crippen LogP contribution in [0.2, 0.25) is 0 Å². The zero-order chi connectivity index (χ0) is 19.1. The Morgan fingerprint density at radius 1 is 1.00 bits per heavy atom. The van der Waals surface area contributed by atoms with Crippen LogP contribution in [0.15, 0.2) is 54.6 Å². The van der Waals surface area contributed by atoms with E-state index in [9.17, 15) is 4.79 Å². The van der Waals surface area contributed by atoms with Gasteiger partial charge in [0.15, 0.2) is 0 Å². The van der Waals surface area contributed by atoms with Crippen molar-refractivity contribution in [3.05, 3.63) is 71.3 Å². The average Bonchev–Trinajstić information content (AvgIpc) is 2.93. The van der Waals surface area contributed by atoms with Gasteiger partial charge in [0, 0.05) is 38.8 Å². The van der Waals surface area contributed by atoms with Crippen molar-refractivity contribution in [1.29, 1.82) is 0 Å². The molecule has 142 valence electrons. The van der Waals surface area contributed by atoms with Crippen molar-refractivity contribution in [2.24, 2.45) is 0 Å². The number of methoxy groups -OCH3 is 1. The third-order valence-electron chi connectivity index (χ3n) is 4.96. The van der Waals surface area contributed by atoms with Crippen molar-refractivity contribution < 1.29 is 9.53 Å². The van der Waals surface area contributed by atoms with Crippen LogP contribution in [0.25, 0.3) is 6.08 Å². The summed E-state index contributed by atoms with van der Waals surface area (Å²) in [7, 11) is 1.68. The second kappa shape index (κ2) is 9.38. The Labute approximate surface area is 162 Å². The minimum Gasteiger partial charge on any atom is -0.497 e. The highest BCUT2D eigenvalue weighted by Crippen LogP contribution is 2.14. The SMILES string of the molecule is COc1ccc(CN2CCCN(C(=O)/C=C/c3ccc(C)cc3)CC2)cc1. The van der Waals surface area contributed by atoms with Crippen molar-refractivity contribution in [2.45, 2.75) is 19.9 Å². The van der Waals surface area contributed by atoms with Gasteiger partial charge in [-0.2, -0.15) is 0 Å². The van der Waals surface area contributed by atoms with E-state index in [1.807, 2.05) is 35.2 Å². The van der Waals surface area contributed by atoms with Crippen LogP contribution in [0.5, 0.6) is 5.75 Å². The summed E-state index contributed by atoms with van der Waals surface area (Å²) in [5.41, 5.74) is 3.56. The Morgan fingerprint density at radius 2 is 1.74 bits per heavy atom. The van der Waals surface area contributed by atoms with E-state index in [-0.39, 0.29) is 5.91 Å². The molecule has 0 atom stereocenters.